The lowest BCUT2D eigenvalue weighted by molar-refractivity contribution is -0.385. The lowest BCUT2D eigenvalue weighted by Crippen LogP contribution is -1.95. The van der Waals surface area contributed by atoms with Crippen molar-refractivity contribution >= 4 is 21.6 Å². The zero-order chi connectivity index (χ0) is 10.0. The molecule has 13 heavy (non-hydrogen) atoms. The number of nitrogens with zero attached hydrogens (tertiary/aromatic N) is 1. The summed E-state index contributed by atoms with van der Waals surface area (Å²) in [5, 5.41) is 10.6. The molecule has 1 aromatic rings. The van der Waals surface area contributed by atoms with Crippen LogP contribution in [0.1, 0.15) is 18.4 Å². The van der Waals surface area contributed by atoms with Crippen molar-refractivity contribution < 1.29 is 4.92 Å². The summed E-state index contributed by atoms with van der Waals surface area (Å²) >= 11 is 3.20. The third-order valence-corrected chi connectivity index (χ3v) is 2.60. The number of nitro benzene ring substituents is 1. The fourth-order valence-electron chi connectivity index (χ4n) is 1.06. The van der Waals surface area contributed by atoms with Crippen molar-refractivity contribution in [1.82, 2.24) is 0 Å². The van der Waals surface area contributed by atoms with Gasteiger partial charge >= 0.3 is 0 Å². The first kappa shape index (κ1) is 10.2. The molecule has 0 saturated carbocycles. The Kier molecular flexibility index (Phi) is 3.03. The highest BCUT2D eigenvalue weighted by Gasteiger charge is 2.15. The minimum absolute atomic E-state index is 0.0364. The van der Waals surface area contributed by atoms with Crippen molar-refractivity contribution in [3.63, 3.8) is 0 Å². The molecule has 0 heterocycles. The largest absolute Gasteiger partial charge is 0.283 e. The Morgan fingerprint density at radius 3 is 2.69 bits per heavy atom. The lowest BCUT2D eigenvalue weighted by Gasteiger charge is -2.07. The maximum atomic E-state index is 10.6. The molecular weight excluding hydrogens is 234 g/mol. The molecule has 0 bridgehead atoms. The quantitative estimate of drug-likeness (QED) is 0.590. The van der Waals surface area contributed by atoms with Gasteiger partial charge in [-0.15, -0.1) is 0 Å². The topological polar surface area (TPSA) is 43.1 Å². The highest BCUT2D eigenvalue weighted by molar-refractivity contribution is 9.10. The van der Waals surface area contributed by atoms with Gasteiger partial charge < -0.3 is 0 Å². The van der Waals surface area contributed by atoms with E-state index in [0.717, 1.165) is 5.56 Å². The van der Waals surface area contributed by atoms with Crippen LogP contribution in [-0.4, -0.2) is 4.92 Å². The summed E-state index contributed by atoms with van der Waals surface area (Å²) in [6, 6.07) is 4.96. The first-order valence-electron chi connectivity index (χ1n) is 3.80. The van der Waals surface area contributed by atoms with Crippen molar-refractivity contribution in [3.8, 4) is 0 Å². The molecule has 69 valence electrons. The van der Waals surface area contributed by atoms with E-state index in [9.17, 15) is 10.1 Å². The van der Waals surface area contributed by atoms with Gasteiger partial charge in [-0.25, -0.2) is 0 Å². The maximum absolute atomic E-state index is 10.6. The van der Waals surface area contributed by atoms with E-state index < -0.39 is 4.92 Å². The molecule has 0 fully saturated rings. The second kappa shape index (κ2) is 3.87. The molecule has 0 amide bonds. The Morgan fingerprint density at radius 2 is 2.23 bits per heavy atom. The predicted molar refractivity (Wildman–Crippen MR) is 54.6 cm³/mol. The number of hydrogen-bond donors (Lipinski definition) is 0. The highest BCUT2D eigenvalue weighted by atomic mass is 79.9. The molecule has 0 aromatic heterocycles. The Hall–Kier alpha value is -0.900. The van der Waals surface area contributed by atoms with Gasteiger partial charge in [0.25, 0.3) is 5.69 Å². The fraction of sp³-hybridized carbons (Fsp3) is 0.222. The standard InChI is InChI=1S/C9H9BrNO2/c1-6(2)7-4-3-5-8(9(7)10)11(12)13/h3-6H,1H2,2H3. The summed E-state index contributed by atoms with van der Waals surface area (Å²) in [4.78, 5) is 10.1. The van der Waals surface area contributed by atoms with Gasteiger partial charge in [0.1, 0.15) is 0 Å². The maximum Gasteiger partial charge on any atom is 0.283 e. The van der Waals surface area contributed by atoms with Crippen LogP contribution in [0.15, 0.2) is 22.7 Å². The van der Waals surface area contributed by atoms with Crippen LogP contribution in [-0.2, 0) is 0 Å². The molecule has 1 unspecified atom stereocenters. The number of nitro groups is 1. The van der Waals surface area contributed by atoms with Crippen LogP contribution in [0.5, 0.6) is 0 Å². The van der Waals surface area contributed by atoms with Crippen LogP contribution in [0.4, 0.5) is 5.69 Å². The van der Waals surface area contributed by atoms with Crippen molar-refractivity contribution in [3.05, 3.63) is 45.3 Å². The normalized spacial score (nSPS) is 10.5. The van der Waals surface area contributed by atoms with E-state index in [2.05, 4.69) is 22.9 Å². The van der Waals surface area contributed by atoms with E-state index in [-0.39, 0.29) is 11.6 Å². The zero-order valence-corrected chi connectivity index (χ0v) is 8.74. The number of benzene rings is 1. The van der Waals surface area contributed by atoms with E-state index in [1.807, 2.05) is 13.0 Å². The average molecular weight is 243 g/mol. The molecule has 4 heteroatoms. The fourth-order valence-corrected chi connectivity index (χ4v) is 1.86. The third-order valence-electron chi connectivity index (χ3n) is 1.74. The van der Waals surface area contributed by atoms with Gasteiger partial charge in [0.05, 0.1) is 9.40 Å². The monoisotopic (exact) mass is 242 g/mol. The molecule has 0 aliphatic carbocycles. The van der Waals surface area contributed by atoms with Crippen LogP contribution in [0, 0.1) is 17.0 Å². The first-order valence-corrected chi connectivity index (χ1v) is 4.59. The molecule has 0 spiro atoms. The summed E-state index contributed by atoms with van der Waals surface area (Å²) < 4.78 is 0.530. The van der Waals surface area contributed by atoms with E-state index in [4.69, 9.17) is 0 Å². The average Bonchev–Trinajstić information content (AvgIpc) is 2.03. The molecule has 0 aliphatic rings. The van der Waals surface area contributed by atoms with Crippen molar-refractivity contribution in [1.29, 1.82) is 0 Å². The highest BCUT2D eigenvalue weighted by Crippen LogP contribution is 2.32. The summed E-state index contributed by atoms with van der Waals surface area (Å²) in [5.74, 6) is 0.0364. The van der Waals surface area contributed by atoms with E-state index in [0.29, 0.717) is 4.47 Å². The summed E-state index contributed by atoms with van der Waals surface area (Å²) in [7, 11) is 0. The minimum atomic E-state index is -0.407. The van der Waals surface area contributed by atoms with Gasteiger partial charge in [-0.3, -0.25) is 10.1 Å². The van der Waals surface area contributed by atoms with Crippen molar-refractivity contribution in [2.75, 3.05) is 0 Å². The zero-order valence-electron chi connectivity index (χ0n) is 7.16. The molecular formula is C9H9BrNO2. The number of hydrogen-bond acceptors (Lipinski definition) is 2. The Bertz CT molecular complexity index is 336. The Balaban J connectivity index is 3.26. The minimum Gasteiger partial charge on any atom is -0.258 e. The summed E-state index contributed by atoms with van der Waals surface area (Å²) in [6.45, 7) is 5.71. The third kappa shape index (κ3) is 2.06. The van der Waals surface area contributed by atoms with Gasteiger partial charge in [0.2, 0.25) is 0 Å². The van der Waals surface area contributed by atoms with Crippen molar-refractivity contribution in [2.24, 2.45) is 0 Å². The SMILES string of the molecule is [CH2]C(C)c1cccc([N+](=O)[O-])c1Br. The van der Waals surface area contributed by atoms with Crippen LogP contribution < -0.4 is 0 Å². The molecule has 1 radical (unpaired) electrons. The second-order valence-electron chi connectivity index (χ2n) is 2.84. The van der Waals surface area contributed by atoms with Crippen LogP contribution in [0.2, 0.25) is 0 Å². The van der Waals surface area contributed by atoms with Crippen molar-refractivity contribution in [2.45, 2.75) is 12.8 Å². The van der Waals surface area contributed by atoms with Gasteiger partial charge in [0, 0.05) is 6.07 Å². The van der Waals surface area contributed by atoms with Crippen LogP contribution in [0.3, 0.4) is 0 Å². The number of rotatable bonds is 2. The molecule has 0 aliphatic heterocycles. The first-order chi connectivity index (χ1) is 6.04. The van der Waals surface area contributed by atoms with Gasteiger partial charge in [0.15, 0.2) is 0 Å². The predicted octanol–water partition coefficient (Wildman–Crippen LogP) is 3.29. The summed E-state index contributed by atoms with van der Waals surface area (Å²) in [6.07, 6.45) is 0. The van der Waals surface area contributed by atoms with E-state index >= 15 is 0 Å². The molecule has 3 nitrogen and oxygen atoms in total. The Labute approximate surface area is 85.0 Å². The molecule has 1 aromatic carbocycles. The van der Waals surface area contributed by atoms with Gasteiger partial charge in [-0.1, -0.05) is 19.1 Å². The van der Waals surface area contributed by atoms with Gasteiger partial charge in [-0.2, -0.15) is 0 Å². The molecule has 1 atom stereocenters. The van der Waals surface area contributed by atoms with E-state index in [1.165, 1.54) is 6.07 Å². The Morgan fingerprint density at radius 1 is 1.62 bits per heavy atom. The van der Waals surface area contributed by atoms with Gasteiger partial charge in [-0.05, 0) is 34.3 Å². The molecule has 0 saturated heterocycles. The molecule has 1 rings (SSSR count). The van der Waals surface area contributed by atoms with Crippen LogP contribution in [0.25, 0.3) is 0 Å². The van der Waals surface area contributed by atoms with E-state index in [1.54, 1.807) is 6.07 Å². The molecule has 0 N–H and O–H groups in total. The summed E-state index contributed by atoms with van der Waals surface area (Å²) in [5.41, 5.74) is 0.946. The van der Waals surface area contributed by atoms with Crippen LogP contribution >= 0.6 is 15.9 Å². The smallest absolute Gasteiger partial charge is 0.258 e. The lowest BCUT2D eigenvalue weighted by atomic mass is 10.0. The second-order valence-corrected chi connectivity index (χ2v) is 3.63. The number of halogens is 1.